The van der Waals surface area contributed by atoms with Crippen LogP contribution >= 0.6 is 0 Å². The highest BCUT2D eigenvalue weighted by Gasteiger charge is 2.10. The van der Waals surface area contributed by atoms with E-state index in [4.69, 9.17) is 20.9 Å². The summed E-state index contributed by atoms with van der Waals surface area (Å²) in [5.41, 5.74) is 14.9. The van der Waals surface area contributed by atoms with Gasteiger partial charge in [-0.15, -0.1) is 0 Å². The maximum absolute atomic E-state index is 6.20. The third-order valence-corrected chi connectivity index (χ3v) is 5.03. The van der Waals surface area contributed by atoms with Crippen molar-refractivity contribution in [2.24, 2.45) is 17.4 Å². The average molecular weight is 403 g/mol. The first kappa shape index (κ1) is 21.4. The van der Waals surface area contributed by atoms with Gasteiger partial charge in [-0.3, -0.25) is 0 Å². The Labute approximate surface area is 179 Å². The van der Waals surface area contributed by atoms with Crippen molar-refractivity contribution < 1.29 is 9.47 Å². The van der Waals surface area contributed by atoms with Gasteiger partial charge in [-0.1, -0.05) is 85.8 Å². The maximum Gasteiger partial charge on any atom is 0.228 e. The highest BCUT2D eigenvalue weighted by atomic mass is 16.5. The summed E-state index contributed by atoms with van der Waals surface area (Å²) in [6.07, 6.45) is 7.76. The van der Waals surface area contributed by atoms with E-state index in [9.17, 15) is 0 Å². The Morgan fingerprint density at radius 3 is 2.00 bits per heavy atom. The van der Waals surface area contributed by atoms with E-state index in [0.717, 1.165) is 24.0 Å². The Kier molecular flexibility index (Phi) is 8.29. The Morgan fingerprint density at radius 2 is 1.40 bits per heavy atom. The third kappa shape index (κ3) is 7.25. The summed E-state index contributed by atoms with van der Waals surface area (Å²) in [5.74, 6) is 7.38. The van der Waals surface area contributed by atoms with Crippen LogP contribution in [0, 0.1) is 17.8 Å². The van der Waals surface area contributed by atoms with E-state index in [1.165, 1.54) is 19.3 Å². The van der Waals surface area contributed by atoms with Gasteiger partial charge in [-0.25, -0.2) is 0 Å². The summed E-state index contributed by atoms with van der Waals surface area (Å²) in [4.78, 5) is 0. The monoisotopic (exact) mass is 402 g/mol. The second kappa shape index (κ2) is 11.6. The summed E-state index contributed by atoms with van der Waals surface area (Å²) < 4.78 is 11.7. The van der Waals surface area contributed by atoms with Crippen LogP contribution in [-0.2, 0) is 22.7 Å². The number of hydrogen-bond acceptors (Lipinski definition) is 4. The number of benzene rings is 2. The molecule has 0 aromatic heterocycles. The van der Waals surface area contributed by atoms with E-state index < -0.39 is 0 Å². The van der Waals surface area contributed by atoms with Gasteiger partial charge in [0, 0.05) is 12.0 Å². The summed E-state index contributed by atoms with van der Waals surface area (Å²) >= 11 is 0. The number of allylic oxidation sites excluding steroid dienone is 2. The number of ether oxygens (including phenoxy) is 2. The normalized spacial score (nSPS) is 15.5. The van der Waals surface area contributed by atoms with Crippen LogP contribution in [0.2, 0.25) is 0 Å². The smallest absolute Gasteiger partial charge is 0.228 e. The molecule has 2 aromatic carbocycles. The molecule has 3 rings (SSSR count). The summed E-state index contributed by atoms with van der Waals surface area (Å²) in [6.45, 7) is 0.720. The zero-order chi connectivity index (χ0) is 21.0. The lowest BCUT2D eigenvalue weighted by atomic mass is 9.90. The molecule has 4 N–H and O–H groups in total. The zero-order valence-corrected chi connectivity index (χ0v) is 17.3. The predicted octanol–water partition coefficient (Wildman–Crippen LogP) is 4.97. The molecule has 2 aromatic rings. The second-order valence-corrected chi connectivity index (χ2v) is 7.48. The van der Waals surface area contributed by atoms with Gasteiger partial charge in [0.15, 0.2) is 5.76 Å². The van der Waals surface area contributed by atoms with E-state index in [0.29, 0.717) is 30.6 Å². The van der Waals surface area contributed by atoms with Crippen LogP contribution in [0.1, 0.15) is 43.2 Å². The minimum atomic E-state index is 0.192. The van der Waals surface area contributed by atoms with Gasteiger partial charge in [-0.2, -0.15) is 0 Å². The van der Waals surface area contributed by atoms with Crippen LogP contribution in [0.3, 0.4) is 0 Å². The first-order valence-corrected chi connectivity index (χ1v) is 10.5. The van der Waals surface area contributed by atoms with Crippen LogP contribution in [-0.4, -0.2) is 0 Å². The second-order valence-electron chi connectivity index (χ2n) is 7.48. The van der Waals surface area contributed by atoms with Crippen molar-refractivity contribution in [3.63, 3.8) is 0 Å². The molecule has 1 saturated carbocycles. The van der Waals surface area contributed by atoms with Crippen molar-refractivity contribution in [3.05, 3.63) is 95.2 Å². The molecule has 0 atom stereocenters. The highest BCUT2D eigenvalue weighted by Crippen LogP contribution is 2.22. The Hall–Kier alpha value is -3.32. The quantitative estimate of drug-likeness (QED) is 0.389. The largest absolute Gasteiger partial charge is 0.483 e. The molecule has 1 aliphatic rings. The molecule has 4 heteroatoms. The Bertz CT molecular complexity index is 902. The van der Waals surface area contributed by atoms with Crippen molar-refractivity contribution in [1.29, 1.82) is 0 Å². The fourth-order valence-corrected chi connectivity index (χ4v) is 3.34. The lowest BCUT2D eigenvalue weighted by Gasteiger charge is -2.15. The van der Waals surface area contributed by atoms with Gasteiger partial charge in [0.2, 0.25) is 5.88 Å². The highest BCUT2D eigenvalue weighted by molar-refractivity contribution is 5.33. The fraction of sp³-hybridized carbons (Fsp3) is 0.308. The van der Waals surface area contributed by atoms with Crippen LogP contribution in [0.25, 0.3) is 0 Å². The number of hydrogen-bond donors (Lipinski definition) is 2. The van der Waals surface area contributed by atoms with Crippen LogP contribution in [0.4, 0.5) is 0 Å². The first-order valence-electron chi connectivity index (χ1n) is 10.5. The van der Waals surface area contributed by atoms with Gasteiger partial charge in [0.25, 0.3) is 0 Å². The number of nitrogens with two attached hydrogens (primary N) is 2. The molecule has 0 saturated heterocycles. The molecule has 0 bridgehead atoms. The molecule has 1 aliphatic carbocycles. The first-order chi connectivity index (χ1) is 14.7. The molecular weight excluding hydrogens is 372 g/mol. The van der Waals surface area contributed by atoms with Gasteiger partial charge >= 0.3 is 0 Å². The standard InChI is InChI=1S/C26H30N2O2/c27-24(17-16-21-10-4-1-5-11-21)18-25(29-19-22-12-6-2-7-13-22)26(28)30-20-23-14-8-3-9-15-23/h2-3,6-9,12-15,18,21H,1,4-5,10-11,19-20,27-28H2/b24-18-,26-25-. The molecule has 4 nitrogen and oxygen atoms in total. The minimum Gasteiger partial charge on any atom is -0.483 e. The maximum atomic E-state index is 6.20. The van der Waals surface area contributed by atoms with Crippen molar-refractivity contribution in [3.8, 4) is 11.8 Å². The molecule has 0 aliphatic heterocycles. The summed E-state index contributed by atoms with van der Waals surface area (Å²) in [5, 5.41) is 0. The van der Waals surface area contributed by atoms with Crippen molar-refractivity contribution >= 4 is 0 Å². The predicted molar refractivity (Wildman–Crippen MR) is 120 cm³/mol. The summed E-state index contributed by atoms with van der Waals surface area (Å²) in [7, 11) is 0. The average Bonchev–Trinajstić information content (AvgIpc) is 2.81. The van der Waals surface area contributed by atoms with Crippen molar-refractivity contribution in [2.75, 3.05) is 0 Å². The SMILES string of the molecule is N/C(C#CC1CCCCC1)=C\C(OCc1ccccc1)=C(/N)OCc1ccccc1. The molecule has 156 valence electrons. The van der Waals surface area contributed by atoms with E-state index in [2.05, 4.69) is 11.8 Å². The fourth-order valence-electron chi connectivity index (χ4n) is 3.34. The molecular formula is C26H30N2O2. The molecule has 0 radical (unpaired) electrons. The summed E-state index contributed by atoms with van der Waals surface area (Å²) in [6, 6.07) is 19.8. The van der Waals surface area contributed by atoms with Crippen molar-refractivity contribution in [1.82, 2.24) is 0 Å². The van der Waals surface area contributed by atoms with Crippen LogP contribution in [0.5, 0.6) is 0 Å². The Morgan fingerprint density at radius 1 is 0.833 bits per heavy atom. The molecule has 0 heterocycles. The lowest BCUT2D eigenvalue weighted by molar-refractivity contribution is 0.144. The molecule has 30 heavy (non-hydrogen) atoms. The number of rotatable bonds is 7. The molecule has 0 spiro atoms. The Balaban J connectivity index is 1.72. The van der Waals surface area contributed by atoms with Gasteiger partial charge < -0.3 is 20.9 Å². The van der Waals surface area contributed by atoms with Gasteiger partial charge in [0.05, 0.1) is 5.70 Å². The van der Waals surface area contributed by atoms with E-state index in [1.54, 1.807) is 6.08 Å². The third-order valence-electron chi connectivity index (χ3n) is 5.03. The minimum absolute atomic E-state index is 0.192. The van der Waals surface area contributed by atoms with Crippen LogP contribution in [0.15, 0.2) is 84.1 Å². The van der Waals surface area contributed by atoms with Crippen molar-refractivity contribution in [2.45, 2.75) is 45.3 Å². The molecule has 0 unspecified atom stereocenters. The molecule has 0 amide bonds. The van der Waals surface area contributed by atoms with Crippen LogP contribution < -0.4 is 11.5 Å². The van der Waals surface area contributed by atoms with E-state index in [1.807, 2.05) is 60.7 Å². The molecule has 1 fully saturated rings. The van der Waals surface area contributed by atoms with Gasteiger partial charge in [-0.05, 0) is 29.9 Å². The van der Waals surface area contributed by atoms with E-state index >= 15 is 0 Å². The zero-order valence-electron chi connectivity index (χ0n) is 17.3. The van der Waals surface area contributed by atoms with Gasteiger partial charge in [0.1, 0.15) is 13.2 Å². The lowest BCUT2D eigenvalue weighted by Crippen LogP contribution is -2.10. The topological polar surface area (TPSA) is 70.5 Å². The van der Waals surface area contributed by atoms with E-state index in [-0.39, 0.29) is 5.88 Å².